The highest BCUT2D eigenvalue weighted by molar-refractivity contribution is 5.11. The number of fused-ring (bicyclic) bond motifs is 5. The molecule has 7 atom stereocenters. The normalized spacial score (nSPS) is 56.9. The van der Waals surface area contributed by atoms with Gasteiger partial charge in [0.15, 0.2) is 5.79 Å². The summed E-state index contributed by atoms with van der Waals surface area (Å²) in [6, 6.07) is 0. The molecule has 4 saturated carbocycles. The van der Waals surface area contributed by atoms with E-state index < -0.39 is 5.79 Å². The zero-order chi connectivity index (χ0) is 15.8. The molecule has 0 aromatic carbocycles. The van der Waals surface area contributed by atoms with Crippen LogP contribution in [0, 0.1) is 40.4 Å². The predicted octanol–water partition coefficient (Wildman–Crippen LogP) is 4.35. The van der Waals surface area contributed by atoms with Crippen LogP contribution in [0.4, 0.5) is 0 Å². The molecule has 4 fully saturated rings. The molecule has 0 heterocycles. The van der Waals surface area contributed by atoms with Gasteiger partial charge < -0.3 is 10.2 Å². The van der Waals surface area contributed by atoms with E-state index in [-0.39, 0.29) is 5.41 Å². The standard InChI is InChI=1S/C20H34O2/c1-13-6-9-18(2)14(12-13)4-5-15-16(18)7-10-19(3)17(15)8-11-20(19,21)22/h13-17,21-22H,4-12H2,1-3H3/t13?,14?,15-,16-,17+,18+,19+/m1/s1. The fraction of sp³-hybridized carbons (Fsp3) is 1.00. The third-order valence-electron chi connectivity index (χ3n) is 9.04. The lowest BCUT2D eigenvalue weighted by Crippen LogP contribution is -2.56. The Morgan fingerprint density at radius 3 is 2.32 bits per heavy atom. The average Bonchev–Trinajstić information content (AvgIpc) is 2.70. The van der Waals surface area contributed by atoms with Gasteiger partial charge in [-0.2, -0.15) is 0 Å². The molecule has 0 aromatic heterocycles. The van der Waals surface area contributed by atoms with Gasteiger partial charge in [0.25, 0.3) is 0 Å². The van der Waals surface area contributed by atoms with E-state index in [0.717, 1.165) is 36.5 Å². The van der Waals surface area contributed by atoms with Crippen molar-refractivity contribution < 1.29 is 10.2 Å². The molecular weight excluding hydrogens is 272 g/mol. The maximum absolute atomic E-state index is 10.5. The second kappa shape index (κ2) is 4.72. The van der Waals surface area contributed by atoms with Gasteiger partial charge in [-0.3, -0.25) is 0 Å². The van der Waals surface area contributed by atoms with Crippen molar-refractivity contribution in [3.05, 3.63) is 0 Å². The van der Waals surface area contributed by atoms with Crippen molar-refractivity contribution in [3.8, 4) is 0 Å². The van der Waals surface area contributed by atoms with Crippen LogP contribution in [-0.2, 0) is 0 Å². The van der Waals surface area contributed by atoms with Gasteiger partial charge in [0, 0.05) is 11.8 Å². The molecule has 4 aliphatic rings. The van der Waals surface area contributed by atoms with Crippen LogP contribution in [0.25, 0.3) is 0 Å². The Morgan fingerprint density at radius 2 is 1.55 bits per heavy atom. The first-order valence-corrected chi connectivity index (χ1v) is 9.73. The molecule has 0 saturated heterocycles. The lowest BCUT2D eigenvalue weighted by Gasteiger charge is -2.61. The second-order valence-corrected chi connectivity index (χ2v) is 9.85. The van der Waals surface area contributed by atoms with E-state index in [2.05, 4.69) is 20.8 Å². The van der Waals surface area contributed by atoms with Crippen LogP contribution in [0.1, 0.15) is 78.6 Å². The van der Waals surface area contributed by atoms with Crippen molar-refractivity contribution in [3.63, 3.8) is 0 Å². The van der Waals surface area contributed by atoms with E-state index in [1.165, 1.54) is 38.5 Å². The molecular formula is C20H34O2. The van der Waals surface area contributed by atoms with E-state index in [1.807, 2.05) is 0 Å². The molecule has 0 aliphatic heterocycles. The van der Waals surface area contributed by atoms with Crippen LogP contribution in [0.15, 0.2) is 0 Å². The fourth-order valence-corrected chi connectivity index (χ4v) is 7.46. The van der Waals surface area contributed by atoms with Crippen molar-refractivity contribution in [1.82, 2.24) is 0 Å². The minimum Gasteiger partial charge on any atom is -0.365 e. The summed E-state index contributed by atoms with van der Waals surface area (Å²) in [5.41, 5.74) is 0.284. The SMILES string of the molecule is CC1CC[C@@]2(C)C(CC[C@@H]3[C@H]2CC[C@@]2(C)[C@H]3CCC2(O)O)C1. The first kappa shape index (κ1) is 15.4. The monoisotopic (exact) mass is 306 g/mol. The van der Waals surface area contributed by atoms with Gasteiger partial charge in [-0.15, -0.1) is 0 Å². The Kier molecular flexibility index (Phi) is 3.32. The van der Waals surface area contributed by atoms with E-state index in [9.17, 15) is 10.2 Å². The molecule has 0 radical (unpaired) electrons. The second-order valence-electron chi connectivity index (χ2n) is 9.85. The summed E-state index contributed by atoms with van der Waals surface area (Å²) in [6.45, 7) is 7.19. The van der Waals surface area contributed by atoms with Gasteiger partial charge in [0.1, 0.15) is 0 Å². The molecule has 2 heteroatoms. The number of hydrogen-bond acceptors (Lipinski definition) is 2. The van der Waals surface area contributed by atoms with E-state index >= 15 is 0 Å². The van der Waals surface area contributed by atoms with Crippen LogP contribution in [0.5, 0.6) is 0 Å². The minimum atomic E-state index is -1.42. The fourth-order valence-electron chi connectivity index (χ4n) is 7.46. The van der Waals surface area contributed by atoms with Gasteiger partial charge >= 0.3 is 0 Å². The van der Waals surface area contributed by atoms with Crippen LogP contribution in [0.2, 0.25) is 0 Å². The Morgan fingerprint density at radius 1 is 0.818 bits per heavy atom. The lowest BCUT2D eigenvalue weighted by molar-refractivity contribution is -0.251. The molecule has 4 rings (SSSR count). The third kappa shape index (κ3) is 1.86. The van der Waals surface area contributed by atoms with Gasteiger partial charge in [0.05, 0.1) is 0 Å². The van der Waals surface area contributed by atoms with E-state index in [4.69, 9.17) is 0 Å². The molecule has 126 valence electrons. The Bertz CT molecular complexity index is 459. The maximum Gasteiger partial charge on any atom is 0.168 e. The smallest absolute Gasteiger partial charge is 0.168 e. The molecule has 2 N–H and O–H groups in total. The highest BCUT2D eigenvalue weighted by atomic mass is 16.5. The molecule has 2 unspecified atom stereocenters. The summed E-state index contributed by atoms with van der Waals surface area (Å²) < 4.78 is 0. The van der Waals surface area contributed by atoms with Crippen LogP contribution < -0.4 is 0 Å². The van der Waals surface area contributed by atoms with Crippen molar-refractivity contribution >= 4 is 0 Å². The topological polar surface area (TPSA) is 40.5 Å². The van der Waals surface area contributed by atoms with Gasteiger partial charge in [-0.25, -0.2) is 0 Å². The van der Waals surface area contributed by atoms with Gasteiger partial charge in [-0.1, -0.05) is 27.2 Å². The predicted molar refractivity (Wildman–Crippen MR) is 88.1 cm³/mol. The van der Waals surface area contributed by atoms with Gasteiger partial charge in [-0.05, 0) is 80.0 Å². The zero-order valence-electron chi connectivity index (χ0n) is 14.6. The summed E-state index contributed by atoms with van der Waals surface area (Å²) in [7, 11) is 0. The largest absolute Gasteiger partial charge is 0.365 e. The maximum atomic E-state index is 10.5. The van der Waals surface area contributed by atoms with E-state index in [0.29, 0.717) is 17.8 Å². The van der Waals surface area contributed by atoms with Crippen LogP contribution in [0.3, 0.4) is 0 Å². The van der Waals surface area contributed by atoms with Crippen LogP contribution >= 0.6 is 0 Å². The molecule has 4 aliphatic carbocycles. The van der Waals surface area contributed by atoms with Crippen molar-refractivity contribution in [2.75, 3.05) is 0 Å². The number of rotatable bonds is 0. The minimum absolute atomic E-state index is 0.251. The molecule has 0 bridgehead atoms. The molecule has 0 aromatic rings. The van der Waals surface area contributed by atoms with E-state index in [1.54, 1.807) is 0 Å². The first-order valence-electron chi connectivity index (χ1n) is 9.73. The zero-order valence-corrected chi connectivity index (χ0v) is 14.6. The summed E-state index contributed by atoms with van der Waals surface area (Å²) in [4.78, 5) is 0. The Labute approximate surface area is 135 Å². The number of aliphatic hydroxyl groups is 2. The molecule has 0 amide bonds. The number of hydrogen-bond donors (Lipinski definition) is 2. The molecule has 2 nitrogen and oxygen atoms in total. The average molecular weight is 306 g/mol. The highest BCUT2D eigenvalue weighted by Crippen LogP contribution is 2.68. The summed E-state index contributed by atoms with van der Waals surface area (Å²) >= 11 is 0. The molecule has 0 spiro atoms. The van der Waals surface area contributed by atoms with Gasteiger partial charge in [0.2, 0.25) is 0 Å². The Hall–Kier alpha value is -0.0800. The quantitative estimate of drug-likeness (QED) is 0.653. The molecule has 22 heavy (non-hydrogen) atoms. The summed E-state index contributed by atoms with van der Waals surface area (Å²) in [5.74, 6) is 2.55. The summed E-state index contributed by atoms with van der Waals surface area (Å²) in [5, 5.41) is 21.1. The van der Waals surface area contributed by atoms with Crippen molar-refractivity contribution in [1.29, 1.82) is 0 Å². The Balaban J connectivity index is 1.64. The van der Waals surface area contributed by atoms with Crippen molar-refractivity contribution in [2.24, 2.45) is 40.4 Å². The highest BCUT2D eigenvalue weighted by Gasteiger charge is 2.64. The van der Waals surface area contributed by atoms with Crippen LogP contribution in [-0.4, -0.2) is 16.0 Å². The summed E-state index contributed by atoms with van der Waals surface area (Å²) in [6.07, 6.45) is 10.8. The third-order valence-corrected chi connectivity index (χ3v) is 9.04. The lowest BCUT2D eigenvalue weighted by atomic mass is 9.44. The first-order chi connectivity index (χ1) is 10.3. The van der Waals surface area contributed by atoms with Crippen molar-refractivity contribution in [2.45, 2.75) is 84.3 Å².